The first-order valence-electron chi connectivity index (χ1n) is 6.66. The number of rotatable bonds is 7. The van der Waals surface area contributed by atoms with Gasteiger partial charge in [0.05, 0.1) is 23.9 Å². The van der Waals surface area contributed by atoms with E-state index in [-0.39, 0.29) is 18.2 Å². The topological polar surface area (TPSA) is 90.3 Å². The lowest BCUT2D eigenvalue weighted by atomic mass is 10.1. The van der Waals surface area contributed by atoms with Crippen LogP contribution in [0.2, 0.25) is 0 Å². The van der Waals surface area contributed by atoms with Crippen molar-refractivity contribution in [2.24, 2.45) is 0 Å². The Kier molecular flexibility index (Phi) is 6.34. The number of nitriles is 1. The number of hydrogen-bond donors (Lipinski definition) is 1. The van der Waals surface area contributed by atoms with Crippen LogP contribution in [0.4, 0.5) is 0 Å². The normalized spacial score (nSPS) is 10.9. The van der Waals surface area contributed by atoms with Crippen LogP contribution in [-0.2, 0) is 20.6 Å². The van der Waals surface area contributed by atoms with Gasteiger partial charge in [-0.2, -0.15) is 5.26 Å². The van der Waals surface area contributed by atoms with Crippen LogP contribution in [0.3, 0.4) is 0 Å². The van der Waals surface area contributed by atoms with Crippen LogP contribution in [0.5, 0.6) is 0 Å². The number of likely N-dealkylation sites (N-methyl/N-ethyl adjacent to an activating group) is 1. The highest BCUT2D eigenvalue weighted by Crippen LogP contribution is 2.10. The third-order valence-corrected chi connectivity index (χ3v) is 4.32. The minimum absolute atomic E-state index is 0.265. The summed E-state index contributed by atoms with van der Waals surface area (Å²) in [6.07, 6.45) is 0. The maximum Gasteiger partial charge on any atom is 0.237 e. The lowest BCUT2D eigenvalue weighted by Crippen LogP contribution is -2.40. The van der Waals surface area contributed by atoms with E-state index in [4.69, 9.17) is 5.26 Å². The zero-order valence-electron chi connectivity index (χ0n) is 12.2. The van der Waals surface area contributed by atoms with Crippen LogP contribution < -0.4 is 4.72 Å². The molecule has 7 heteroatoms. The third-order valence-electron chi connectivity index (χ3n) is 3.04. The molecule has 21 heavy (non-hydrogen) atoms. The highest BCUT2D eigenvalue weighted by Gasteiger charge is 2.17. The second kappa shape index (κ2) is 7.76. The van der Waals surface area contributed by atoms with Crippen molar-refractivity contribution in [3.63, 3.8) is 0 Å². The summed E-state index contributed by atoms with van der Waals surface area (Å²) < 4.78 is 26.2. The molecule has 0 spiro atoms. The van der Waals surface area contributed by atoms with Gasteiger partial charge in [-0.25, -0.2) is 13.1 Å². The molecule has 0 heterocycles. The van der Waals surface area contributed by atoms with E-state index < -0.39 is 10.0 Å². The summed E-state index contributed by atoms with van der Waals surface area (Å²) in [5, 5.41) is 8.94. The minimum Gasteiger partial charge on any atom is -0.342 e. The predicted molar refractivity (Wildman–Crippen MR) is 79.7 cm³/mol. The number of hydrogen-bond acceptors (Lipinski definition) is 4. The quantitative estimate of drug-likeness (QED) is 0.808. The van der Waals surface area contributed by atoms with Crippen molar-refractivity contribution in [1.29, 1.82) is 5.26 Å². The smallest absolute Gasteiger partial charge is 0.237 e. The van der Waals surface area contributed by atoms with Crippen molar-refractivity contribution in [1.82, 2.24) is 9.62 Å². The Labute approximate surface area is 125 Å². The highest BCUT2D eigenvalue weighted by molar-refractivity contribution is 7.88. The summed E-state index contributed by atoms with van der Waals surface area (Å²) in [6.45, 7) is 4.47. The van der Waals surface area contributed by atoms with Gasteiger partial charge in [0.1, 0.15) is 0 Å². The summed E-state index contributed by atoms with van der Waals surface area (Å²) in [5.41, 5.74) is 0.737. The molecule has 1 rings (SSSR count). The number of benzene rings is 1. The third kappa shape index (κ3) is 5.17. The molecule has 0 unspecified atom stereocenters. The van der Waals surface area contributed by atoms with Crippen LogP contribution in [0.15, 0.2) is 24.3 Å². The summed E-state index contributed by atoms with van der Waals surface area (Å²) >= 11 is 0. The van der Waals surface area contributed by atoms with Crippen molar-refractivity contribution in [2.45, 2.75) is 19.6 Å². The Morgan fingerprint density at radius 2 is 1.90 bits per heavy atom. The average molecular weight is 309 g/mol. The molecule has 1 N–H and O–H groups in total. The van der Waals surface area contributed by atoms with Gasteiger partial charge in [0.2, 0.25) is 15.9 Å². The Bertz CT molecular complexity index is 631. The fourth-order valence-corrected chi connectivity index (χ4v) is 2.98. The first kappa shape index (κ1) is 17.1. The molecule has 0 aliphatic carbocycles. The number of nitrogens with zero attached hydrogens (tertiary/aromatic N) is 2. The van der Waals surface area contributed by atoms with E-state index in [0.717, 1.165) is 0 Å². The molecule has 0 aromatic heterocycles. The van der Waals surface area contributed by atoms with E-state index in [0.29, 0.717) is 24.2 Å². The Morgan fingerprint density at radius 1 is 1.29 bits per heavy atom. The fourth-order valence-electron chi connectivity index (χ4n) is 1.87. The van der Waals surface area contributed by atoms with Crippen molar-refractivity contribution in [2.75, 3.05) is 19.6 Å². The van der Waals surface area contributed by atoms with Crippen LogP contribution >= 0.6 is 0 Å². The van der Waals surface area contributed by atoms with Gasteiger partial charge in [-0.1, -0.05) is 18.2 Å². The second-order valence-electron chi connectivity index (χ2n) is 4.42. The maximum atomic E-state index is 12.0. The fraction of sp³-hybridized carbons (Fsp3) is 0.429. The van der Waals surface area contributed by atoms with Gasteiger partial charge in [-0.3, -0.25) is 4.79 Å². The van der Waals surface area contributed by atoms with E-state index in [1.807, 2.05) is 19.9 Å². The Balaban J connectivity index is 2.71. The van der Waals surface area contributed by atoms with E-state index >= 15 is 0 Å². The van der Waals surface area contributed by atoms with Crippen LogP contribution in [0, 0.1) is 11.3 Å². The van der Waals surface area contributed by atoms with Crippen molar-refractivity contribution in [3.8, 4) is 6.07 Å². The van der Waals surface area contributed by atoms with Crippen molar-refractivity contribution >= 4 is 15.9 Å². The molecule has 0 aliphatic heterocycles. The number of sulfonamides is 1. The predicted octanol–water partition coefficient (Wildman–Crippen LogP) is 0.846. The largest absolute Gasteiger partial charge is 0.342 e. The number of carbonyl (C=O) groups is 1. The lowest BCUT2D eigenvalue weighted by Gasteiger charge is -2.18. The summed E-state index contributed by atoms with van der Waals surface area (Å²) in [4.78, 5) is 13.3. The molecule has 0 atom stereocenters. The number of carbonyl (C=O) groups excluding carboxylic acids is 1. The second-order valence-corrected chi connectivity index (χ2v) is 6.22. The van der Waals surface area contributed by atoms with Gasteiger partial charge in [0, 0.05) is 13.1 Å². The molecule has 0 saturated carbocycles. The van der Waals surface area contributed by atoms with E-state index in [1.54, 1.807) is 29.2 Å². The van der Waals surface area contributed by atoms with Crippen LogP contribution in [0.25, 0.3) is 0 Å². The van der Waals surface area contributed by atoms with Crippen molar-refractivity contribution in [3.05, 3.63) is 35.4 Å². The van der Waals surface area contributed by atoms with Crippen LogP contribution in [-0.4, -0.2) is 38.9 Å². The molecule has 0 bridgehead atoms. The first-order valence-corrected chi connectivity index (χ1v) is 8.31. The standard InChI is InChI=1S/C14H19N3O3S/c1-3-17(4-2)14(18)10-16-21(19,20)11-13-8-6-5-7-12(13)9-15/h5-8,16H,3-4,10-11H2,1-2H3. The molecule has 114 valence electrons. The maximum absolute atomic E-state index is 12.0. The van der Waals surface area contributed by atoms with E-state index in [9.17, 15) is 13.2 Å². The Morgan fingerprint density at radius 3 is 2.48 bits per heavy atom. The molecule has 0 fully saturated rings. The van der Waals surface area contributed by atoms with Gasteiger partial charge in [0.15, 0.2) is 0 Å². The van der Waals surface area contributed by atoms with Gasteiger partial charge >= 0.3 is 0 Å². The van der Waals surface area contributed by atoms with E-state index in [1.165, 1.54) is 0 Å². The summed E-state index contributed by atoms with van der Waals surface area (Å²) in [6, 6.07) is 8.45. The minimum atomic E-state index is -3.66. The highest BCUT2D eigenvalue weighted by atomic mass is 32.2. The molecule has 1 aromatic carbocycles. The average Bonchev–Trinajstić information content (AvgIpc) is 2.47. The molecule has 0 aliphatic rings. The van der Waals surface area contributed by atoms with Gasteiger partial charge < -0.3 is 4.90 Å². The van der Waals surface area contributed by atoms with Gasteiger partial charge in [0.25, 0.3) is 0 Å². The number of nitrogens with one attached hydrogen (secondary N) is 1. The molecule has 0 saturated heterocycles. The SMILES string of the molecule is CCN(CC)C(=O)CNS(=O)(=O)Cc1ccccc1C#N. The zero-order chi connectivity index (χ0) is 15.9. The monoisotopic (exact) mass is 309 g/mol. The molecule has 1 aromatic rings. The Hall–Kier alpha value is -1.91. The zero-order valence-corrected chi connectivity index (χ0v) is 13.0. The van der Waals surface area contributed by atoms with Gasteiger partial charge in [-0.15, -0.1) is 0 Å². The van der Waals surface area contributed by atoms with Crippen molar-refractivity contribution < 1.29 is 13.2 Å². The lowest BCUT2D eigenvalue weighted by molar-refractivity contribution is -0.129. The summed E-state index contributed by atoms with van der Waals surface area (Å²) in [5.74, 6) is -0.584. The molecular formula is C14H19N3O3S. The van der Waals surface area contributed by atoms with Gasteiger partial charge in [-0.05, 0) is 25.5 Å². The summed E-state index contributed by atoms with van der Waals surface area (Å²) in [7, 11) is -3.66. The molecule has 6 nitrogen and oxygen atoms in total. The first-order chi connectivity index (χ1) is 9.93. The molecular weight excluding hydrogens is 290 g/mol. The number of amides is 1. The van der Waals surface area contributed by atoms with Crippen LogP contribution in [0.1, 0.15) is 25.0 Å². The molecule has 1 amide bonds. The van der Waals surface area contributed by atoms with E-state index in [2.05, 4.69) is 4.72 Å². The molecule has 0 radical (unpaired) electrons.